The fourth-order valence-corrected chi connectivity index (χ4v) is 4.47. The SMILES string of the molecule is Cn1c(SCC(=O)NC(c2ccccc2)c2nccs2)nc2ccccc2c1=O. The molecule has 0 saturated carbocycles. The lowest BCUT2D eigenvalue weighted by Gasteiger charge is -2.17. The van der Waals surface area contributed by atoms with Gasteiger partial charge in [0.05, 0.1) is 16.7 Å². The molecule has 0 aliphatic heterocycles. The van der Waals surface area contributed by atoms with Crippen LogP contribution in [0.15, 0.2) is 76.1 Å². The third-order valence-electron chi connectivity index (χ3n) is 4.41. The molecule has 1 atom stereocenters. The van der Waals surface area contributed by atoms with Crippen molar-refractivity contribution < 1.29 is 4.79 Å². The maximum Gasteiger partial charge on any atom is 0.261 e. The first kappa shape index (κ1) is 19.4. The highest BCUT2D eigenvalue weighted by atomic mass is 32.2. The highest BCUT2D eigenvalue weighted by molar-refractivity contribution is 7.99. The van der Waals surface area contributed by atoms with Crippen LogP contribution in [0.1, 0.15) is 16.6 Å². The quantitative estimate of drug-likeness (QED) is 0.381. The summed E-state index contributed by atoms with van der Waals surface area (Å²) in [7, 11) is 1.67. The number of hydrogen-bond donors (Lipinski definition) is 1. The molecule has 0 fully saturated rings. The summed E-state index contributed by atoms with van der Waals surface area (Å²) in [5.74, 6) is -0.00527. The molecule has 146 valence electrons. The largest absolute Gasteiger partial charge is 0.342 e. The Labute approximate surface area is 175 Å². The van der Waals surface area contributed by atoms with Crippen LogP contribution >= 0.6 is 23.1 Å². The van der Waals surface area contributed by atoms with Gasteiger partial charge in [0.25, 0.3) is 5.56 Å². The van der Waals surface area contributed by atoms with E-state index in [1.165, 1.54) is 27.7 Å². The number of nitrogens with zero attached hydrogens (tertiary/aromatic N) is 3. The summed E-state index contributed by atoms with van der Waals surface area (Å²) in [5.41, 5.74) is 1.48. The van der Waals surface area contributed by atoms with Crippen molar-refractivity contribution in [3.05, 3.63) is 87.1 Å². The Morgan fingerprint density at radius 3 is 2.69 bits per heavy atom. The first-order valence-corrected chi connectivity index (χ1v) is 10.8. The van der Waals surface area contributed by atoms with E-state index in [9.17, 15) is 9.59 Å². The summed E-state index contributed by atoms with van der Waals surface area (Å²) in [6.45, 7) is 0. The van der Waals surface area contributed by atoms with Gasteiger partial charge in [-0.2, -0.15) is 0 Å². The number of carbonyl (C=O) groups excluding carboxylic acids is 1. The van der Waals surface area contributed by atoms with Gasteiger partial charge in [-0.05, 0) is 17.7 Å². The van der Waals surface area contributed by atoms with Crippen molar-refractivity contribution in [2.24, 2.45) is 7.05 Å². The molecule has 1 N–H and O–H groups in total. The minimum Gasteiger partial charge on any atom is -0.342 e. The molecule has 4 rings (SSSR count). The van der Waals surface area contributed by atoms with Crippen LogP contribution in [0.5, 0.6) is 0 Å². The molecule has 6 nitrogen and oxygen atoms in total. The zero-order valence-corrected chi connectivity index (χ0v) is 17.2. The maximum absolute atomic E-state index is 12.7. The average molecular weight is 423 g/mol. The predicted molar refractivity (Wildman–Crippen MR) is 116 cm³/mol. The molecule has 1 amide bonds. The van der Waals surface area contributed by atoms with Gasteiger partial charge in [0.2, 0.25) is 5.91 Å². The van der Waals surface area contributed by atoms with Crippen LogP contribution in [0.4, 0.5) is 0 Å². The number of hydrogen-bond acceptors (Lipinski definition) is 6. The zero-order chi connectivity index (χ0) is 20.2. The Morgan fingerprint density at radius 2 is 1.93 bits per heavy atom. The monoisotopic (exact) mass is 422 g/mol. The second-order valence-electron chi connectivity index (χ2n) is 6.35. The lowest BCUT2D eigenvalue weighted by atomic mass is 10.1. The lowest BCUT2D eigenvalue weighted by molar-refractivity contribution is -0.119. The summed E-state index contributed by atoms with van der Waals surface area (Å²) >= 11 is 2.74. The Morgan fingerprint density at radius 1 is 1.17 bits per heavy atom. The van der Waals surface area contributed by atoms with E-state index in [0.717, 1.165) is 10.6 Å². The number of fused-ring (bicyclic) bond motifs is 1. The van der Waals surface area contributed by atoms with Crippen LogP contribution in [0, 0.1) is 0 Å². The molecule has 0 spiro atoms. The van der Waals surface area contributed by atoms with Crippen LogP contribution in [0.25, 0.3) is 10.9 Å². The Bertz CT molecular complexity index is 1190. The number of rotatable bonds is 6. The van der Waals surface area contributed by atoms with E-state index < -0.39 is 0 Å². The number of thioether (sulfide) groups is 1. The molecular weight excluding hydrogens is 404 g/mol. The van der Waals surface area contributed by atoms with Crippen LogP contribution < -0.4 is 10.9 Å². The molecule has 4 aromatic rings. The van der Waals surface area contributed by atoms with Gasteiger partial charge in [-0.1, -0.05) is 54.2 Å². The lowest BCUT2D eigenvalue weighted by Crippen LogP contribution is -2.31. The Balaban J connectivity index is 1.52. The van der Waals surface area contributed by atoms with E-state index in [1.807, 2.05) is 47.8 Å². The molecule has 0 aliphatic carbocycles. The molecular formula is C21H18N4O2S2. The van der Waals surface area contributed by atoms with Gasteiger partial charge in [0, 0.05) is 18.6 Å². The number of carbonyl (C=O) groups is 1. The van der Waals surface area contributed by atoms with Crippen molar-refractivity contribution in [3.63, 3.8) is 0 Å². The van der Waals surface area contributed by atoms with Crippen molar-refractivity contribution in [2.75, 3.05) is 5.75 Å². The number of nitrogens with one attached hydrogen (secondary N) is 1. The summed E-state index contributed by atoms with van der Waals surface area (Å²) in [6.07, 6.45) is 1.73. The molecule has 1 unspecified atom stereocenters. The molecule has 29 heavy (non-hydrogen) atoms. The van der Waals surface area contributed by atoms with Gasteiger partial charge in [0.15, 0.2) is 5.16 Å². The first-order valence-electron chi connectivity index (χ1n) is 8.96. The summed E-state index contributed by atoms with van der Waals surface area (Å²) in [4.78, 5) is 34.1. The van der Waals surface area contributed by atoms with E-state index in [2.05, 4.69) is 15.3 Å². The molecule has 0 aliphatic rings. The fraction of sp³-hybridized carbons (Fsp3) is 0.143. The third kappa shape index (κ3) is 4.23. The third-order valence-corrected chi connectivity index (χ3v) is 6.28. The highest BCUT2D eigenvalue weighted by Gasteiger charge is 2.19. The number of thiazole rings is 1. The van der Waals surface area contributed by atoms with Gasteiger partial charge in [-0.3, -0.25) is 14.2 Å². The van der Waals surface area contributed by atoms with E-state index in [1.54, 1.807) is 25.4 Å². The topological polar surface area (TPSA) is 76.9 Å². The molecule has 2 aromatic carbocycles. The van der Waals surface area contributed by atoms with Gasteiger partial charge >= 0.3 is 0 Å². The van der Waals surface area contributed by atoms with Crippen LogP contribution in [0.2, 0.25) is 0 Å². The number of para-hydroxylation sites is 1. The summed E-state index contributed by atoms with van der Waals surface area (Å²) in [5, 5.41) is 6.84. The van der Waals surface area contributed by atoms with Crippen molar-refractivity contribution in [3.8, 4) is 0 Å². The summed E-state index contributed by atoms with van der Waals surface area (Å²) < 4.78 is 1.48. The molecule has 0 bridgehead atoms. The molecule has 8 heteroatoms. The van der Waals surface area contributed by atoms with Crippen LogP contribution in [-0.4, -0.2) is 26.2 Å². The second kappa shape index (κ2) is 8.59. The van der Waals surface area contributed by atoms with Gasteiger partial charge in [-0.25, -0.2) is 9.97 Å². The van der Waals surface area contributed by atoms with E-state index in [-0.39, 0.29) is 23.3 Å². The highest BCUT2D eigenvalue weighted by Crippen LogP contribution is 2.24. The van der Waals surface area contributed by atoms with E-state index in [4.69, 9.17) is 0 Å². The fourth-order valence-electron chi connectivity index (χ4n) is 2.97. The minimum atomic E-state index is -0.308. The van der Waals surface area contributed by atoms with E-state index in [0.29, 0.717) is 16.1 Å². The van der Waals surface area contributed by atoms with E-state index >= 15 is 0 Å². The minimum absolute atomic E-state index is 0.122. The number of amides is 1. The van der Waals surface area contributed by atoms with Crippen LogP contribution in [-0.2, 0) is 11.8 Å². The number of benzene rings is 2. The smallest absolute Gasteiger partial charge is 0.261 e. The zero-order valence-electron chi connectivity index (χ0n) is 15.6. The van der Waals surface area contributed by atoms with Gasteiger partial charge in [0.1, 0.15) is 11.0 Å². The average Bonchev–Trinajstić information content (AvgIpc) is 3.29. The maximum atomic E-state index is 12.7. The van der Waals surface area contributed by atoms with Crippen molar-refractivity contribution in [1.82, 2.24) is 19.9 Å². The summed E-state index contributed by atoms with van der Waals surface area (Å²) in [6, 6.07) is 16.6. The molecule has 0 radical (unpaired) electrons. The second-order valence-corrected chi connectivity index (χ2v) is 8.21. The molecule has 2 aromatic heterocycles. The van der Waals surface area contributed by atoms with Crippen molar-refractivity contribution in [2.45, 2.75) is 11.2 Å². The standard InChI is InChI=1S/C21H18N4O2S2/c1-25-20(27)15-9-5-6-10-16(15)23-21(25)29-13-17(26)24-18(19-22-11-12-28-19)14-7-3-2-4-8-14/h2-12,18H,13H2,1H3,(H,24,26). The van der Waals surface area contributed by atoms with Gasteiger partial charge < -0.3 is 5.32 Å². The first-order chi connectivity index (χ1) is 14.1. The van der Waals surface area contributed by atoms with Crippen molar-refractivity contribution in [1.29, 1.82) is 0 Å². The normalized spacial score (nSPS) is 12.0. The Kier molecular flexibility index (Phi) is 5.73. The molecule has 2 heterocycles. The van der Waals surface area contributed by atoms with Gasteiger partial charge in [-0.15, -0.1) is 11.3 Å². The molecule has 0 saturated heterocycles. The number of aromatic nitrogens is 3. The van der Waals surface area contributed by atoms with Crippen LogP contribution in [0.3, 0.4) is 0 Å². The Hall–Kier alpha value is -2.97. The predicted octanol–water partition coefficient (Wildman–Crippen LogP) is 3.39. The van der Waals surface area contributed by atoms with Crippen molar-refractivity contribution >= 4 is 39.9 Å².